The Morgan fingerprint density at radius 2 is 1.56 bits per heavy atom. The van der Waals surface area contributed by atoms with Gasteiger partial charge in [-0.25, -0.2) is 0 Å². The minimum absolute atomic E-state index is 0.234. The van der Waals surface area contributed by atoms with Crippen LogP contribution in [0.4, 0.5) is 0 Å². The standard InChI is InChI=1S/C31H32ClN3O/c1-2-22-3-7-26(8-4-22)20-35-21-28-16-27(17-29(32)30(28)31(35)36)15-23-11-13-34(14-12-23)19-25-9-5-24(18-33)6-10-25/h3-10,16-17,21,23,36H,2,11-15,19-20H2,1H3. The highest BCUT2D eigenvalue weighted by atomic mass is 35.5. The third-order valence-electron chi connectivity index (χ3n) is 7.48. The number of hydrogen-bond donors (Lipinski definition) is 1. The molecule has 5 rings (SSSR count). The van der Waals surface area contributed by atoms with Gasteiger partial charge in [0.1, 0.15) is 0 Å². The zero-order valence-corrected chi connectivity index (χ0v) is 21.5. The molecule has 1 aliphatic rings. The zero-order valence-electron chi connectivity index (χ0n) is 20.8. The minimum Gasteiger partial charge on any atom is -0.494 e. The highest BCUT2D eigenvalue weighted by Gasteiger charge is 2.21. The first-order valence-electron chi connectivity index (χ1n) is 12.8. The minimum atomic E-state index is 0.234. The number of likely N-dealkylation sites (tertiary alicyclic amines) is 1. The summed E-state index contributed by atoms with van der Waals surface area (Å²) in [5, 5.41) is 22.2. The van der Waals surface area contributed by atoms with Crippen LogP contribution in [-0.4, -0.2) is 27.7 Å². The number of nitrogens with zero attached hydrogens (tertiary/aromatic N) is 3. The summed E-state index contributed by atoms with van der Waals surface area (Å²) >= 11 is 6.67. The highest BCUT2D eigenvalue weighted by Crippen LogP contribution is 2.36. The molecule has 1 N–H and O–H groups in total. The van der Waals surface area contributed by atoms with Crippen LogP contribution in [0.5, 0.6) is 5.88 Å². The van der Waals surface area contributed by atoms with Gasteiger partial charge >= 0.3 is 0 Å². The van der Waals surface area contributed by atoms with E-state index in [-0.39, 0.29) is 5.88 Å². The van der Waals surface area contributed by atoms with Crippen molar-refractivity contribution in [2.45, 2.75) is 45.7 Å². The van der Waals surface area contributed by atoms with Gasteiger partial charge in [0, 0.05) is 18.1 Å². The molecule has 0 radical (unpaired) electrons. The Hall–Kier alpha value is -3.26. The van der Waals surface area contributed by atoms with E-state index in [0.29, 0.717) is 23.0 Å². The maximum atomic E-state index is 10.9. The number of aromatic nitrogens is 1. The number of nitriles is 1. The fourth-order valence-electron chi connectivity index (χ4n) is 5.34. The van der Waals surface area contributed by atoms with Crippen LogP contribution in [0.25, 0.3) is 10.8 Å². The Morgan fingerprint density at radius 1 is 0.917 bits per heavy atom. The van der Waals surface area contributed by atoms with Crippen LogP contribution >= 0.6 is 11.6 Å². The van der Waals surface area contributed by atoms with Gasteiger partial charge in [0.05, 0.1) is 28.6 Å². The smallest absolute Gasteiger partial charge is 0.200 e. The summed E-state index contributed by atoms with van der Waals surface area (Å²) in [6.07, 6.45) is 6.37. The van der Waals surface area contributed by atoms with Crippen molar-refractivity contribution in [1.82, 2.24) is 9.47 Å². The monoisotopic (exact) mass is 497 g/mol. The van der Waals surface area contributed by atoms with E-state index in [1.54, 1.807) is 0 Å². The molecule has 1 fully saturated rings. The first-order valence-corrected chi connectivity index (χ1v) is 13.2. The van der Waals surface area contributed by atoms with Gasteiger partial charge in [0.15, 0.2) is 0 Å². The largest absolute Gasteiger partial charge is 0.494 e. The number of hydrogen-bond acceptors (Lipinski definition) is 3. The third kappa shape index (κ3) is 5.43. The summed E-state index contributed by atoms with van der Waals surface area (Å²) < 4.78 is 1.89. The number of rotatable bonds is 7. The molecule has 1 aliphatic heterocycles. The molecule has 5 heteroatoms. The summed E-state index contributed by atoms with van der Waals surface area (Å²) in [5.41, 5.74) is 5.68. The summed E-state index contributed by atoms with van der Waals surface area (Å²) in [5.74, 6) is 0.862. The van der Waals surface area contributed by atoms with E-state index < -0.39 is 0 Å². The molecule has 36 heavy (non-hydrogen) atoms. The van der Waals surface area contributed by atoms with E-state index in [2.05, 4.69) is 60.4 Å². The molecular weight excluding hydrogens is 466 g/mol. The number of halogens is 1. The molecule has 0 spiro atoms. The van der Waals surface area contributed by atoms with Crippen LogP contribution in [0, 0.1) is 17.2 Å². The lowest BCUT2D eigenvalue weighted by Gasteiger charge is -2.32. The number of aromatic hydroxyl groups is 1. The summed E-state index contributed by atoms with van der Waals surface area (Å²) in [4.78, 5) is 2.50. The van der Waals surface area contributed by atoms with Crippen LogP contribution in [0.2, 0.25) is 5.02 Å². The lowest BCUT2D eigenvalue weighted by molar-refractivity contribution is 0.177. The van der Waals surface area contributed by atoms with Gasteiger partial charge in [-0.2, -0.15) is 5.26 Å². The molecule has 184 valence electrons. The van der Waals surface area contributed by atoms with Gasteiger partial charge in [-0.3, -0.25) is 4.90 Å². The molecule has 0 unspecified atom stereocenters. The van der Waals surface area contributed by atoms with Crippen LogP contribution in [0.3, 0.4) is 0 Å². The molecular formula is C31H32ClN3O. The third-order valence-corrected chi connectivity index (χ3v) is 7.77. The lowest BCUT2D eigenvalue weighted by Crippen LogP contribution is -2.33. The lowest BCUT2D eigenvalue weighted by atomic mass is 9.89. The van der Waals surface area contributed by atoms with Crippen molar-refractivity contribution in [3.05, 3.63) is 99.7 Å². The fraction of sp³-hybridized carbons (Fsp3) is 0.323. The van der Waals surface area contributed by atoms with Crippen molar-refractivity contribution in [2.75, 3.05) is 13.1 Å². The maximum Gasteiger partial charge on any atom is 0.200 e. The summed E-state index contributed by atoms with van der Waals surface area (Å²) in [6.45, 7) is 5.86. The molecule has 1 saturated heterocycles. The normalized spacial score (nSPS) is 14.8. The summed E-state index contributed by atoms with van der Waals surface area (Å²) in [6, 6.07) is 22.9. The zero-order chi connectivity index (χ0) is 25.1. The molecule has 0 saturated carbocycles. The summed E-state index contributed by atoms with van der Waals surface area (Å²) in [7, 11) is 0. The first kappa shape index (κ1) is 24.4. The SMILES string of the molecule is CCc1ccc(Cn2cc3cc(CC4CCN(Cc5ccc(C#N)cc5)CC4)cc(Cl)c3c2O)cc1. The number of benzene rings is 3. The average Bonchev–Trinajstić information content (AvgIpc) is 3.21. The second-order valence-corrected chi connectivity index (χ2v) is 10.4. The van der Waals surface area contributed by atoms with Crippen molar-refractivity contribution in [1.29, 1.82) is 5.26 Å². The Balaban J connectivity index is 1.23. The molecule has 0 aliphatic carbocycles. The Bertz CT molecular complexity index is 1370. The second-order valence-electron chi connectivity index (χ2n) is 10.0. The predicted octanol–water partition coefficient (Wildman–Crippen LogP) is 6.94. The number of aryl methyl sites for hydroxylation is 1. The van der Waals surface area contributed by atoms with Gasteiger partial charge < -0.3 is 9.67 Å². The molecule has 2 heterocycles. The van der Waals surface area contributed by atoms with E-state index in [1.165, 1.54) is 16.7 Å². The van der Waals surface area contributed by atoms with Gasteiger partial charge in [0.25, 0.3) is 0 Å². The Labute approximate surface area is 218 Å². The molecule has 0 bridgehead atoms. The molecule has 3 aromatic carbocycles. The Morgan fingerprint density at radius 3 is 2.22 bits per heavy atom. The van der Waals surface area contributed by atoms with Gasteiger partial charge in [-0.1, -0.05) is 54.9 Å². The molecule has 1 aromatic heterocycles. The van der Waals surface area contributed by atoms with Gasteiger partial charge in [0.2, 0.25) is 5.88 Å². The van der Waals surface area contributed by atoms with Crippen molar-refractivity contribution in [3.8, 4) is 11.9 Å². The Kier molecular flexibility index (Phi) is 7.32. The molecule has 0 amide bonds. The predicted molar refractivity (Wildman–Crippen MR) is 146 cm³/mol. The first-order chi connectivity index (χ1) is 17.5. The van der Waals surface area contributed by atoms with Gasteiger partial charge in [-0.05, 0) is 91.2 Å². The van der Waals surface area contributed by atoms with Crippen LogP contribution in [0.1, 0.15) is 47.6 Å². The van der Waals surface area contributed by atoms with Crippen LogP contribution in [0.15, 0.2) is 66.9 Å². The topological polar surface area (TPSA) is 52.2 Å². The number of fused-ring (bicyclic) bond motifs is 1. The molecule has 4 aromatic rings. The van der Waals surface area contributed by atoms with Crippen molar-refractivity contribution in [2.24, 2.45) is 5.92 Å². The fourth-order valence-corrected chi connectivity index (χ4v) is 5.67. The average molecular weight is 498 g/mol. The molecule has 0 atom stereocenters. The van der Waals surface area contributed by atoms with E-state index >= 15 is 0 Å². The quantitative estimate of drug-likeness (QED) is 0.301. The highest BCUT2D eigenvalue weighted by molar-refractivity contribution is 6.36. The second kappa shape index (κ2) is 10.8. The van der Waals surface area contributed by atoms with E-state index in [0.717, 1.165) is 61.7 Å². The molecule has 4 nitrogen and oxygen atoms in total. The maximum absolute atomic E-state index is 10.9. The van der Waals surface area contributed by atoms with E-state index in [4.69, 9.17) is 16.9 Å². The number of piperidine rings is 1. The van der Waals surface area contributed by atoms with Gasteiger partial charge in [-0.15, -0.1) is 0 Å². The van der Waals surface area contributed by atoms with E-state index in [9.17, 15) is 5.11 Å². The van der Waals surface area contributed by atoms with Crippen LogP contribution < -0.4 is 0 Å². The van der Waals surface area contributed by atoms with Crippen molar-refractivity contribution < 1.29 is 5.11 Å². The van der Waals surface area contributed by atoms with Crippen LogP contribution in [-0.2, 0) is 25.9 Å². The van der Waals surface area contributed by atoms with Crippen molar-refractivity contribution in [3.63, 3.8) is 0 Å². The van der Waals surface area contributed by atoms with Crippen molar-refractivity contribution >= 4 is 22.4 Å². The van der Waals surface area contributed by atoms with E-state index in [1.807, 2.05) is 29.0 Å².